The number of hydrogen-bond acceptors (Lipinski definition) is 4. The van der Waals surface area contributed by atoms with E-state index in [1.165, 1.54) is 12.6 Å². The predicted molar refractivity (Wildman–Crippen MR) is 73.8 cm³/mol. The number of hydrogen-bond donors (Lipinski definition) is 1. The van der Waals surface area contributed by atoms with Crippen LogP contribution in [-0.2, 0) is 0 Å². The first-order valence-electron chi connectivity index (χ1n) is 6.95. The second-order valence-corrected chi connectivity index (χ2v) is 5.49. The highest BCUT2D eigenvalue weighted by atomic mass is 16.2. The Kier molecular flexibility index (Phi) is 4.85. The average molecular weight is 262 g/mol. The Hall–Kier alpha value is -1.49. The van der Waals surface area contributed by atoms with Crippen molar-refractivity contribution in [3.05, 3.63) is 24.3 Å². The largest absolute Gasteiger partial charge is 0.335 e. The Morgan fingerprint density at radius 2 is 2.37 bits per heavy atom. The summed E-state index contributed by atoms with van der Waals surface area (Å²) in [5, 5.41) is 3.44. The van der Waals surface area contributed by atoms with Crippen molar-refractivity contribution in [2.24, 2.45) is 5.92 Å². The van der Waals surface area contributed by atoms with Gasteiger partial charge in [0.1, 0.15) is 5.69 Å². The summed E-state index contributed by atoms with van der Waals surface area (Å²) in [6.45, 7) is 6.82. The highest BCUT2D eigenvalue weighted by molar-refractivity contribution is 5.92. The van der Waals surface area contributed by atoms with Crippen LogP contribution >= 0.6 is 0 Å². The fraction of sp³-hybridized carbons (Fsp3) is 0.643. The van der Waals surface area contributed by atoms with E-state index in [1.807, 2.05) is 4.90 Å². The Morgan fingerprint density at radius 3 is 2.95 bits per heavy atom. The van der Waals surface area contributed by atoms with Gasteiger partial charge in [-0.15, -0.1) is 0 Å². The van der Waals surface area contributed by atoms with Crippen LogP contribution < -0.4 is 5.32 Å². The molecule has 0 spiro atoms. The summed E-state index contributed by atoms with van der Waals surface area (Å²) < 4.78 is 0. The molecule has 2 rings (SSSR count). The fourth-order valence-corrected chi connectivity index (χ4v) is 2.43. The molecule has 0 saturated carbocycles. The highest BCUT2D eigenvalue weighted by Gasteiger charge is 2.23. The minimum Gasteiger partial charge on any atom is -0.335 e. The van der Waals surface area contributed by atoms with Crippen molar-refractivity contribution in [1.29, 1.82) is 0 Å². The van der Waals surface area contributed by atoms with Gasteiger partial charge in [-0.05, 0) is 25.3 Å². The van der Waals surface area contributed by atoms with Crippen LogP contribution in [0.3, 0.4) is 0 Å². The van der Waals surface area contributed by atoms with Crippen LogP contribution in [0.2, 0.25) is 0 Å². The Labute approximate surface area is 114 Å². The van der Waals surface area contributed by atoms with Gasteiger partial charge in [-0.2, -0.15) is 0 Å². The summed E-state index contributed by atoms with van der Waals surface area (Å²) in [5.74, 6) is 0.428. The van der Waals surface area contributed by atoms with E-state index in [9.17, 15) is 4.79 Å². The fourth-order valence-electron chi connectivity index (χ4n) is 2.43. The Morgan fingerprint density at radius 1 is 1.53 bits per heavy atom. The van der Waals surface area contributed by atoms with Crippen molar-refractivity contribution in [3.63, 3.8) is 0 Å². The van der Waals surface area contributed by atoms with Gasteiger partial charge in [0.25, 0.3) is 5.91 Å². The molecule has 5 nitrogen and oxygen atoms in total. The normalized spacial score (nSPS) is 18.8. The van der Waals surface area contributed by atoms with Crippen molar-refractivity contribution >= 4 is 5.91 Å². The molecule has 1 aromatic rings. The van der Waals surface area contributed by atoms with E-state index >= 15 is 0 Å². The maximum Gasteiger partial charge on any atom is 0.274 e. The molecule has 2 heterocycles. The quantitative estimate of drug-likeness (QED) is 0.869. The van der Waals surface area contributed by atoms with Crippen LogP contribution in [-0.4, -0.2) is 46.5 Å². The zero-order chi connectivity index (χ0) is 13.7. The summed E-state index contributed by atoms with van der Waals surface area (Å²) in [4.78, 5) is 22.4. The summed E-state index contributed by atoms with van der Waals surface area (Å²) in [5.41, 5.74) is 0.432. The Balaban J connectivity index is 2.05. The lowest BCUT2D eigenvalue weighted by atomic mass is 10.1. The molecule has 19 heavy (non-hydrogen) atoms. The van der Waals surface area contributed by atoms with Gasteiger partial charge in [0.2, 0.25) is 0 Å². The molecule has 1 fully saturated rings. The minimum absolute atomic E-state index is 0.0181. The number of nitrogens with one attached hydrogen (secondary N) is 1. The van der Waals surface area contributed by atoms with E-state index in [1.54, 1.807) is 12.4 Å². The first kappa shape index (κ1) is 13.9. The lowest BCUT2D eigenvalue weighted by molar-refractivity contribution is 0.0715. The molecular weight excluding hydrogens is 240 g/mol. The summed E-state index contributed by atoms with van der Waals surface area (Å²) >= 11 is 0. The van der Waals surface area contributed by atoms with Crippen molar-refractivity contribution in [3.8, 4) is 0 Å². The van der Waals surface area contributed by atoms with E-state index < -0.39 is 0 Å². The number of aromatic nitrogens is 2. The van der Waals surface area contributed by atoms with Crippen LogP contribution in [0.5, 0.6) is 0 Å². The van der Waals surface area contributed by atoms with Crippen molar-refractivity contribution in [2.45, 2.75) is 32.7 Å². The molecule has 5 heteroatoms. The van der Waals surface area contributed by atoms with Gasteiger partial charge >= 0.3 is 0 Å². The molecule has 0 bridgehead atoms. The molecule has 104 valence electrons. The summed E-state index contributed by atoms with van der Waals surface area (Å²) in [6.07, 6.45) is 7.02. The maximum absolute atomic E-state index is 12.5. The second kappa shape index (κ2) is 6.61. The second-order valence-electron chi connectivity index (χ2n) is 5.49. The third-order valence-electron chi connectivity index (χ3n) is 3.26. The van der Waals surface area contributed by atoms with E-state index in [4.69, 9.17) is 0 Å². The van der Waals surface area contributed by atoms with E-state index in [0.29, 0.717) is 17.7 Å². The monoisotopic (exact) mass is 262 g/mol. The van der Waals surface area contributed by atoms with E-state index in [0.717, 1.165) is 26.1 Å². The SMILES string of the molecule is CC(C)CN(CC1CCCN1)C(=O)c1cnccn1. The lowest BCUT2D eigenvalue weighted by Gasteiger charge is -2.27. The van der Waals surface area contributed by atoms with Gasteiger partial charge in [-0.25, -0.2) is 4.98 Å². The average Bonchev–Trinajstić information content (AvgIpc) is 2.90. The van der Waals surface area contributed by atoms with Crippen LogP contribution in [0.25, 0.3) is 0 Å². The summed E-state index contributed by atoms with van der Waals surface area (Å²) in [7, 11) is 0. The first-order chi connectivity index (χ1) is 9.16. The van der Waals surface area contributed by atoms with Crippen LogP contribution in [0, 0.1) is 5.92 Å². The molecule has 1 N–H and O–H groups in total. The van der Waals surface area contributed by atoms with Crippen LogP contribution in [0.4, 0.5) is 0 Å². The summed E-state index contributed by atoms with van der Waals surface area (Å²) in [6, 6.07) is 0.416. The number of carbonyl (C=O) groups excluding carboxylic acids is 1. The number of carbonyl (C=O) groups is 1. The van der Waals surface area contributed by atoms with Crippen LogP contribution in [0.1, 0.15) is 37.2 Å². The van der Waals surface area contributed by atoms with Gasteiger partial charge in [-0.3, -0.25) is 9.78 Å². The van der Waals surface area contributed by atoms with Gasteiger partial charge in [0, 0.05) is 31.5 Å². The topological polar surface area (TPSA) is 58.1 Å². The first-order valence-corrected chi connectivity index (χ1v) is 6.95. The van der Waals surface area contributed by atoms with E-state index in [2.05, 4.69) is 29.1 Å². The zero-order valence-electron chi connectivity index (χ0n) is 11.7. The molecule has 1 atom stereocenters. The van der Waals surface area contributed by atoms with Gasteiger partial charge in [0.05, 0.1) is 6.20 Å². The van der Waals surface area contributed by atoms with Gasteiger partial charge in [-0.1, -0.05) is 13.8 Å². The number of amides is 1. The van der Waals surface area contributed by atoms with Crippen molar-refractivity contribution < 1.29 is 4.79 Å². The molecule has 0 radical (unpaired) electrons. The minimum atomic E-state index is -0.0181. The number of rotatable bonds is 5. The molecule has 1 unspecified atom stereocenters. The maximum atomic E-state index is 12.5. The predicted octanol–water partition coefficient (Wildman–Crippen LogP) is 1.33. The molecule has 1 amide bonds. The molecule has 0 aliphatic carbocycles. The standard InChI is InChI=1S/C14H22N4O/c1-11(2)9-18(10-12-4-3-5-16-12)14(19)13-8-15-6-7-17-13/h6-8,11-12,16H,3-5,9-10H2,1-2H3. The molecule has 0 aromatic carbocycles. The van der Waals surface area contributed by atoms with Gasteiger partial charge < -0.3 is 10.2 Å². The lowest BCUT2D eigenvalue weighted by Crippen LogP contribution is -2.43. The Bertz CT molecular complexity index is 401. The third kappa shape index (κ3) is 3.99. The van der Waals surface area contributed by atoms with Crippen LogP contribution in [0.15, 0.2) is 18.6 Å². The molecule has 1 aromatic heterocycles. The zero-order valence-corrected chi connectivity index (χ0v) is 11.7. The molecule has 1 aliphatic heterocycles. The molecular formula is C14H22N4O. The van der Waals surface area contributed by atoms with Crippen molar-refractivity contribution in [2.75, 3.05) is 19.6 Å². The number of nitrogens with zero attached hydrogens (tertiary/aromatic N) is 3. The van der Waals surface area contributed by atoms with E-state index in [-0.39, 0.29) is 5.91 Å². The van der Waals surface area contributed by atoms with Gasteiger partial charge in [0.15, 0.2) is 0 Å². The highest BCUT2D eigenvalue weighted by Crippen LogP contribution is 2.11. The third-order valence-corrected chi connectivity index (χ3v) is 3.26. The smallest absolute Gasteiger partial charge is 0.274 e. The molecule has 1 saturated heterocycles. The van der Waals surface area contributed by atoms with Crippen molar-refractivity contribution in [1.82, 2.24) is 20.2 Å². The molecule has 1 aliphatic rings.